The summed E-state index contributed by atoms with van der Waals surface area (Å²) in [6, 6.07) is 17.6. The number of unbranched alkanes of at least 4 members (excludes halogenated alkanes) is 3. The van der Waals surface area contributed by atoms with Gasteiger partial charge in [0.2, 0.25) is 5.91 Å². The van der Waals surface area contributed by atoms with Crippen LogP contribution in [0.5, 0.6) is 17.2 Å². The second kappa shape index (κ2) is 15.1. The highest BCUT2D eigenvalue weighted by Crippen LogP contribution is 2.56. The fraction of sp³-hybridized carbons (Fsp3) is 0.394. The highest BCUT2D eigenvalue weighted by atomic mass is 35.5. The van der Waals surface area contributed by atoms with E-state index in [2.05, 4.69) is 5.32 Å². The fourth-order valence-electron chi connectivity index (χ4n) is 5.24. The molecule has 9 nitrogen and oxygen atoms in total. The number of methoxy groups -OCH3 is 2. The van der Waals surface area contributed by atoms with Crippen molar-refractivity contribution in [2.75, 3.05) is 58.4 Å². The number of benzene rings is 3. The number of phenols is 1. The fourth-order valence-corrected chi connectivity index (χ4v) is 5.43. The molecule has 0 aromatic heterocycles. The lowest BCUT2D eigenvalue weighted by Gasteiger charge is -2.37. The second-order valence-corrected chi connectivity index (χ2v) is 10.8. The van der Waals surface area contributed by atoms with E-state index in [1.807, 2.05) is 24.3 Å². The van der Waals surface area contributed by atoms with E-state index in [4.69, 9.17) is 30.5 Å². The van der Waals surface area contributed by atoms with Crippen LogP contribution in [-0.4, -0.2) is 70.4 Å². The van der Waals surface area contributed by atoms with Gasteiger partial charge >= 0.3 is 5.97 Å². The number of ether oxygens (including phenoxy) is 4. The number of carbonyl (C=O) groups is 2. The predicted octanol–water partition coefficient (Wildman–Crippen LogP) is 5.59. The molecule has 2 aliphatic rings. The Hall–Kier alpha value is -3.79. The third kappa shape index (κ3) is 7.24. The van der Waals surface area contributed by atoms with Crippen LogP contribution in [0.1, 0.15) is 52.7 Å². The van der Waals surface area contributed by atoms with Gasteiger partial charge in [0.25, 0.3) is 0 Å². The Morgan fingerprint density at radius 2 is 1.63 bits per heavy atom. The number of likely N-dealkylation sites (N-methyl/N-ethyl adjacent to an activating group) is 1. The average molecular weight is 611 g/mol. The summed E-state index contributed by atoms with van der Waals surface area (Å²) in [6.07, 6.45) is 4.81. The molecule has 0 radical (unpaired) electrons. The average Bonchev–Trinajstić information content (AvgIpc) is 3.29. The lowest BCUT2D eigenvalue weighted by molar-refractivity contribution is -0.119. The first-order valence-electron chi connectivity index (χ1n) is 14.4. The van der Waals surface area contributed by atoms with Crippen LogP contribution in [0.15, 0.2) is 60.7 Å². The van der Waals surface area contributed by atoms with Gasteiger partial charge in [-0.1, -0.05) is 31.0 Å². The van der Waals surface area contributed by atoms with Crippen LogP contribution in [-0.2, 0) is 24.6 Å². The van der Waals surface area contributed by atoms with E-state index in [0.29, 0.717) is 41.3 Å². The Morgan fingerprint density at radius 3 is 2.37 bits per heavy atom. The van der Waals surface area contributed by atoms with Crippen molar-refractivity contribution in [2.45, 2.75) is 31.3 Å². The smallest absolute Gasteiger partial charge is 0.340 e. The Bertz CT molecular complexity index is 1410. The monoisotopic (exact) mass is 610 g/mol. The Balaban J connectivity index is 0.000000410. The zero-order valence-electron chi connectivity index (χ0n) is 24.9. The Labute approximate surface area is 257 Å². The number of phenolic OH excluding ortho intramolecular Hbond substituents is 1. The topological polar surface area (TPSA) is 107 Å². The number of rotatable bonds is 12. The van der Waals surface area contributed by atoms with Crippen LogP contribution in [0.2, 0.25) is 0 Å². The lowest BCUT2D eigenvalue weighted by atomic mass is 9.77. The number of aromatic hydroxyl groups is 1. The number of alkyl halides is 1. The van der Waals surface area contributed by atoms with E-state index in [9.17, 15) is 14.7 Å². The molecular weight excluding hydrogens is 572 g/mol. The third-order valence-electron chi connectivity index (χ3n) is 7.36. The van der Waals surface area contributed by atoms with Gasteiger partial charge in [-0.15, -0.1) is 11.6 Å². The summed E-state index contributed by atoms with van der Waals surface area (Å²) in [5.74, 6) is 1.16. The van der Waals surface area contributed by atoms with E-state index in [1.54, 1.807) is 56.5 Å². The maximum Gasteiger partial charge on any atom is 0.340 e. The molecule has 230 valence electrons. The summed E-state index contributed by atoms with van der Waals surface area (Å²) >= 11 is 5.48. The number of hydrogen-bond acceptors (Lipinski definition) is 8. The van der Waals surface area contributed by atoms with Crippen LogP contribution in [0.25, 0.3) is 0 Å². The molecule has 0 fully saturated rings. The summed E-state index contributed by atoms with van der Waals surface area (Å²) in [7, 11) is 5.12. The standard InChI is InChI=1S/C26H24N2O6.C7H15ClO/c1-28(15-24(30)27-11-12-32-2)16-7-9-20-22(13-16)33-23-14-17(29)8-10-21(23)26(20)19-6-4-3-5-18(19)25(31)34-26;1-9-7-5-3-2-4-6-8/h3-10,13-14,29H,11-12,15H2,1-2H3,(H,27,30);2-7H2,1H3. The number of amides is 1. The van der Waals surface area contributed by atoms with E-state index in [1.165, 1.54) is 25.3 Å². The molecule has 0 saturated heterocycles. The summed E-state index contributed by atoms with van der Waals surface area (Å²) < 4.78 is 22.1. The Kier molecular flexibility index (Phi) is 11.3. The Morgan fingerprint density at radius 1 is 0.930 bits per heavy atom. The number of carbonyl (C=O) groups excluding carboxylic acids is 2. The minimum absolute atomic E-state index is 0.0379. The number of hydrogen-bond donors (Lipinski definition) is 2. The second-order valence-electron chi connectivity index (χ2n) is 10.4. The van der Waals surface area contributed by atoms with Crippen molar-refractivity contribution < 1.29 is 33.6 Å². The first-order valence-corrected chi connectivity index (χ1v) is 14.9. The molecule has 2 aliphatic heterocycles. The first kappa shape index (κ1) is 32.1. The van der Waals surface area contributed by atoms with Crippen molar-refractivity contribution in [2.24, 2.45) is 0 Å². The number of fused-ring (bicyclic) bond motifs is 6. The summed E-state index contributed by atoms with van der Waals surface area (Å²) in [5.41, 5.74) is 2.06. The van der Waals surface area contributed by atoms with Crippen molar-refractivity contribution in [3.63, 3.8) is 0 Å². The normalized spacial score (nSPS) is 15.8. The molecule has 0 aliphatic carbocycles. The molecule has 1 spiro atoms. The quantitative estimate of drug-likeness (QED) is 0.155. The summed E-state index contributed by atoms with van der Waals surface area (Å²) in [6.45, 7) is 1.91. The molecule has 43 heavy (non-hydrogen) atoms. The van der Waals surface area contributed by atoms with Crippen molar-refractivity contribution in [1.82, 2.24) is 5.32 Å². The van der Waals surface area contributed by atoms with E-state index >= 15 is 0 Å². The van der Waals surface area contributed by atoms with Gasteiger partial charge in [0.1, 0.15) is 17.2 Å². The van der Waals surface area contributed by atoms with Crippen LogP contribution < -0.4 is 15.0 Å². The van der Waals surface area contributed by atoms with Gasteiger partial charge in [-0.2, -0.15) is 0 Å². The van der Waals surface area contributed by atoms with E-state index in [0.717, 1.165) is 30.2 Å². The number of esters is 1. The maximum atomic E-state index is 12.9. The van der Waals surface area contributed by atoms with Gasteiger partial charge in [-0.3, -0.25) is 4.79 Å². The molecule has 10 heteroatoms. The minimum Gasteiger partial charge on any atom is -0.508 e. The highest BCUT2D eigenvalue weighted by molar-refractivity contribution is 6.17. The lowest BCUT2D eigenvalue weighted by Crippen LogP contribution is -2.37. The van der Waals surface area contributed by atoms with Gasteiger partial charge in [-0.25, -0.2) is 4.79 Å². The summed E-state index contributed by atoms with van der Waals surface area (Å²) in [5, 5.41) is 12.9. The first-order chi connectivity index (χ1) is 20.8. The molecule has 1 unspecified atom stereocenters. The predicted molar refractivity (Wildman–Crippen MR) is 166 cm³/mol. The zero-order chi connectivity index (χ0) is 30.8. The molecule has 1 atom stereocenters. The van der Waals surface area contributed by atoms with Gasteiger partial charge in [0.15, 0.2) is 5.60 Å². The molecule has 0 bridgehead atoms. The molecule has 1 amide bonds. The van der Waals surface area contributed by atoms with Gasteiger partial charge in [0, 0.05) is 74.8 Å². The molecule has 5 rings (SSSR count). The SMILES string of the molecule is COCCCCCCCl.COCCNC(=O)CN(C)c1ccc2c(c1)Oc1cc(O)ccc1C21OC(=O)c2ccccc21. The number of nitrogens with zero attached hydrogens (tertiary/aromatic N) is 1. The summed E-state index contributed by atoms with van der Waals surface area (Å²) in [4.78, 5) is 26.9. The number of nitrogens with one attached hydrogen (secondary N) is 1. The molecule has 3 aromatic rings. The molecular formula is C33H39ClN2O7. The number of halogens is 1. The van der Waals surface area contributed by atoms with Crippen molar-refractivity contribution in [3.05, 3.63) is 82.9 Å². The largest absolute Gasteiger partial charge is 0.508 e. The van der Waals surface area contributed by atoms with Crippen LogP contribution >= 0.6 is 11.6 Å². The zero-order valence-corrected chi connectivity index (χ0v) is 25.6. The number of anilines is 1. The van der Waals surface area contributed by atoms with Crippen LogP contribution in [0.3, 0.4) is 0 Å². The third-order valence-corrected chi connectivity index (χ3v) is 7.63. The van der Waals surface area contributed by atoms with Crippen molar-refractivity contribution >= 4 is 29.2 Å². The van der Waals surface area contributed by atoms with Crippen LogP contribution in [0.4, 0.5) is 5.69 Å². The molecule has 3 aromatic carbocycles. The van der Waals surface area contributed by atoms with Crippen molar-refractivity contribution in [1.29, 1.82) is 0 Å². The molecule has 2 heterocycles. The van der Waals surface area contributed by atoms with Gasteiger partial charge in [0.05, 0.1) is 18.7 Å². The maximum absolute atomic E-state index is 12.9. The highest BCUT2D eigenvalue weighted by Gasteiger charge is 2.53. The van der Waals surface area contributed by atoms with Crippen molar-refractivity contribution in [3.8, 4) is 17.2 Å². The van der Waals surface area contributed by atoms with E-state index < -0.39 is 11.6 Å². The van der Waals surface area contributed by atoms with Gasteiger partial charge in [-0.05, 0) is 43.2 Å². The van der Waals surface area contributed by atoms with Crippen LogP contribution in [0, 0.1) is 0 Å². The molecule has 2 N–H and O–H groups in total. The van der Waals surface area contributed by atoms with Gasteiger partial charge < -0.3 is 34.3 Å². The molecule has 0 saturated carbocycles. The minimum atomic E-state index is -1.20. The van der Waals surface area contributed by atoms with E-state index in [-0.39, 0.29) is 18.2 Å².